The van der Waals surface area contributed by atoms with E-state index in [9.17, 15) is 0 Å². The molecule has 0 saturated carbocycles. The smallest absolute Gasteiger partial charge is 0.0726 e. The van der Waals surface area contributed by atoms with Gasteiger partial charge in [-0.25, -0.2) is 0 Å². The van der Waals surface area contributed by atoms with E-state index >= 15 is 0 Å². The molecule has 69 heavy (non-hydrogen) atoms. The lowest BCUT2D eigenvalue weighted by Crippen LogP contribution is -2.36. The molecule has 2 aliphatic rings. The standard InChI is InChI=1S/C67H42N2/c1-3-15-43(16-4-1)48-32-36-53-57-26-11-19-45-21-13-28-59(65(45)57)67(61(53)40-48)60-29-14-22-46-20-12-27-58(66(46)60)54-37-34-51(41-62(54)67)68(50-33-31-44-17-7-8-18-47(44)39-50)52-35-38-56-55-25-9-10-30-63(55)69(64(56)42-52)49-23-5-2-6-24-49/h1-42H. The highest BCUT2D eigenvalue weighted by Gasteiger charge is 2.49. The highest BCUT2D eigenvalue weighted by molar-refractivity contribution is 6.13. The second kappa shape index (κ2) is 14.5. The van der Waals surface area contributed by atoms with Gasteiger partial charge in [0.2, 0.25) is 0 Å². The maximum absolute atomic E-state index is 2.54. The van der Waals surface area contributed by atoms with Gasteiger partial charge in [-0.2, -0.15) is 0 Å². The minimum atomic E-state index is -0.675. The fraction of sp³-hybridized carbons (Fsp3) is 0.0149. The summed E-state index contributed by atoms with van der Waals surface area (Å²) in [5.74, 6) is 0. The van der Waals surface area contributed by atoms with Crippen LogP contribution >= 0.6 is 0 Å². The zero-order valence-electron chi connectivity index (χ0n) is 37.6. The monoisotopic (exact) mass is 874 g/mol. The molecule has 1 heterocycles. The molecule has 2 heteroatoms. The van der Waals surface area contributed by atoms with Crippen LogP contribution in [-0.4, -0.2) is 4.57 Å². The molecular weight excluding hydrogens is 833 g/mol. The van der Waals surface area contributed by atoms with Gasteiger partial charge in [0, 0.05) is 33.5 Å². The third-order valence-corrected chi connectivity index (χ3v) is 15.3. The summed E-state index contributed by atoms with van der Waals surface area (Å²) in [4.78, 5) is 2.49. The number of fused-ring (bicyclic) bond motifs is 12. The number of rotatable bonds is 5. The van der Waals surface area contributed by atoms with Crippen LogP contribution in [0.4, 0.5) is 17.1 Å². The van der Waals surface area contributed by atoms with Gasteiger partial charge in [-0.3, -0.25) is 0 Å². The van der Waals surface area contributed by atoms with Crippen LogP contribution in [0.25, 0.3) is 93.2 Å². The molecule has 0 aliphatic heterocycles. The van der Waals surface area contributed by atoms with Gasteiger partial charge in [-0.05, 0) is 149 Å². The van der Waals surface area contributed by atoms with Crippen molar-refractivity contribution in [1.29, 1.82) is 0 Å². The number of anilines is 3. The van der Waals surface area contributed by atoms with E-state index in [2.05, 4.69) is 264 Å². The molecule has 13 aromatic rings. The molecule has 0 radical (unpaired) electrons. The number of nitrogens with zero attached hydrogens (tertiary/aromatic N) is 2. The quantitative estimate of drug-likeness (QED) is 0.167. The van der Waals surface area contributed by atoms with Crippen LogP contribution in [-0.2, 0) is 5.41 Å². The maximum Gasteiger partial charge on any atom is 0.0726 e. The van der Waals surface area contributed by atoms with Crippen LogP contribution in [0.1, 0.15) is 22.3 Å². The van der Waals surface area contributed by atoms with E-state index in [4.69, 9.17) is 0 Å². The molecule has 0 bridgehead atoms. The van der Waals surface area contributed by atoms with Crippen LogP contribution in [0.5, 0.6) is 0 Å². The Morgan fingerprint density at radius 3 is 1.57 bits per heavy atom. The molecule has 1 aromatic heterocycles. The topological polar surface area (TPSA) is 8.17 Å². The minimum Gasteiger partial charge on any atom is -0.310 e. The maximum atomic E-state index is 2.54. The SMILES string of the molecule is c1ccc(-c2ccc3c(c2)C2(c4cc(N(c5ccc6ccccc6c5)c5ccc6c7ccccc7n(-c7ccccc7)c6c5)ccc4-c4cccc5cccc2c45)c2cccc4cccc-3c24)cc1. The van der Waals surface area contributed by atoms with Gasteiger partial charge in [0.25, 0.3) is 0 Å². The number of hydrogen-bond acceptors (Lipinski definition) is 1. The zero-order valence-corrected chi connectivity index (χ0v) is 37.6. The van der Waals surface area contributed by atoms with Crippen LogP contribution in [0.2, 0.25) is 0 Å². The Morgan fingerprint density at radius 2 is 0.826 bits per heavy atom. The fourth-order valence-electron chi connectivity index (χ4n) is 12.5. The van der Waals surface area contributed by atoms with Gasteiger partial charge >= 0.3 is 0 Å². The number of hydrogen-bond donors (Lipinski definition) is 0. The predicted octanol–water partition coefficient (Wildman–Crippen LogP) is 17.7. The first kappa shape index (κ1) is 38.2. The summed E-state index contributed by atoms with van der Waals surface area (Å²) in [6.07, 6.45) is 0. The Kier molecular flexibility index (Phi) is 8.02. The van der Waals surface area contributed by atoms with E-state index in [0.717, 1.165) is 22.7 Å². The summed E-state index contributed by atoms with van der Waals surface area (Å²) in [6, 6.07) is 95.4. The third-order valence-electron chi connectivity index (χ3n) is 15.3. The number of para-hydroxylation sites is 2. The summed E-state index contributed by atoms with van der Waals surface area (Å²) < 4.78 is 2.42. The highest BCUT2D eigenvalue weighted by atomic mass is 15.1. The van der Waals surface area contributed by atoms with E-state index in [1.165, 1.54) is 110 Å². The molecule has 0 fully saturated rings. The first-order valence-electron chi connectivity index (χ1n) is 24.0. The van der Waals surface area contributed by atoms with Gasteiger partial charge < -0.3 is 9.47 Å². The van der Waals surface area contributed by atoms with Crippen molar-refractivity contribution in [2.24, 2.45) is 0 Å². The van der Waals surface area contributed by atoms with Gasteiger partial charge in [0.15, 0.2) is 0 Å². The van der Waals surface area contributed by atoms with Crippen LogP contribution in [0.3, 0.4) is 0 Å². The van der Waals surface area contributed by atoms with Crippen molar-refractivity contribution in [2.45, 2.75) is 5.41 Å². The van der Waals surface area contributed by atoms with Crippen LogP contribution < -0.4 is 4.90 Å². The molecular formula is C67H42N2. The average Bonchev–Trinajstić information content (AvgIpc) is 3.75. The first-order valence-corrected chi connectivity index (χ1v) is 24.0. The molecule has 0 N–H and O–H groups in total. The molecule has 1 spiro atoms. The fourth-order valence-corrected chi connectivity index (χ4v) is 12.5. The van der Waals surface area contributed by atoms with Crippen LogP contribution in [0, 0.1) is 0 Å². The molecule has 1 unspecified atom stereocenters. The summed E-state index contributed by atoms with van der Waals surface area (Å²) in [5, 5.41) is 10.0. The molecule has 12 aromatic carbocycles. The van der Waals surface area contributed by atoms with E-state index in [-0.39, 0.29) is 0 Å². The average molecular weight is 875 g/mol. The van der Waals surface area contributed by atoms with Gasteiger partial charge in [-0.1, -0.05) is 194 Å². The van der Waals surface area contributed by atoms with Crippen LogP contribution in [0.15, 0.2) is 255 Å². The van der Waals surface area contributed by atoms with E-state index in [1.807, 2.05) is 0 Å². The second-order valence-electron chi connectivity index (χ2n) is 18.8. The zero-order chi connectivity index (χ0) is 45.2. The molecule has 0 amide bonds. The summed E-state index contributed by atoms with van der Waals surface area (Å²) in [5.41, 5.74) is 18.9. The Balaban J connectivity index is 1.07. The third kappa shape index (κ3) is 5.37. The normalized spacial score (nSPS) is 14.4. The molecule has 0 saturated heterocycles. The van der Waals surface area contributed by atoms with Crippen molar-refractivity contribution < 1.29 is 0 Å². The summed E-state index contributed by atoms with van der Waals surface area (Å²) >= 11 is 0. The van der Waals surface area contributed by atoms with Gasteiger partial charge in [0.05, 0.1) is 16.4 Å². The summed E-state index contributed by atoms with van der Waals surface area (Å²) in [7, 11) is 0. The molecule has 2 aliphatic carbocycles. The molecule has 320 valence electrons. The second-order valence-corrected chi connectivity index (χ2v) is 18.8. The molecule has 15 rings (SSSR count). The van der Waals surface area contributed by atoms with E-state index in [1.54, 1.807) is 0 Å². The minimum absolute atomic E-state index is 0.675. The molecule has 1 atom stereocenters. The summed E-state index contributed by atoms with van der Waals surface area (Å²) in [6.45, 7) is 0. The van der Waals surface area contributed by atoms with E-state index < -0.39 is 5.41 Å². The Morgan fingerprint density at radius 1 is 0.290 bits per heavy atom. The lowest BCUT2D eigenvalue weighted by Gasteiger charge is -2.46. The lowest BCUT2D eigenvalue weighted by atomic mass is 9.55. The van der Waals surface area contributed by atoms with Crippen molar-refractivity contribution in [3.63, 3.8) is 0 Å². The van der Waals surface area contributed by atoms with E-state index in [0.29, 0.717) is 0 Å². The van der Waals surface area contributed by atoms with Crippen molar-refractivity contribution in [1.82, 2.24) is 4.57 Å². The van der Waals surface area contributed by atoms with Crippen molar-refractivity contribution in [3.05, 3.63) is 277 Å². The van der Waals surface area contributed by atoms with Crippen molar-refractivity contribution in [3.8, 4) is 39.1 Å². The number of aromatic nitrogens is 1. The Labute approximate surface area is 400 Å². The Bertz CT molecular complexity index is 4230. The largest absolute Gasteiger partial charge is 0.310 e. The van der Waals surface area contributed by atoms with Crippen molar-refractivity contribution >= 4 is 71.2 Å². The number of benzene rings is 12. The van der Waals surface area contributed by atoms with Gasteiger partial charge in [-0.15, -0.1) is 0 Å². The highest BCUT2D eigenvalue weighted by Crippen LogP contribution is 2.62. The lowest BCUT2D eigenvalue weighted by molar-refractivity contribution is 0.755. The van der Waals surface area contributed by atoms with Crippen molar-refractivity contribution in [2.75, 3.05) is 4.90 Å². The first-order chi connectivity index (χ1) is 34.2. The molecule has 2 nitrogen and oxygen atoms in total. The predicted molar refractivity (Wildman–Crippen MR) is 290 cm³/mol. The Hall–Kier alpha value is -8.98. The van der Waals surface area contributed by atoms with Gasteiger partial charge in [0.1, 0.15) is 0 Å².